The van der Waals surface area contributed by atoms with Gasteiger partial charge in [-0.25, -0.2) is 8.78 Å². The van der Waals surface area contributed by atoms with Crippen LogP contribution in [0.3, 0.4) is 0 Å². The topological polar surface area (TPSA) is 12.0 Å². The highest BCUT2D eigenvalue weighted by Crippen LogP contribution is 2.24. The van der Waals surface area contributed by atoms with E-state index in [1.807, 2.05) is 32.0 Å². The molecule has 0 spiro atoms. The van der Waals surface area contributed by atoms with Crippen LogP contribution in [-0.4, -0.2) is 0 Å². The molecule has 1 N–H and O–H groups in total. The Hall–Kier alpha value is -1.90. The number of benzene rings is 2. The minimum Gasteiger partial charge on any atom is -0.353 e. The maximum Gasteiger partial charge on any atom is 0.149 e. The Morgan fingerprint density at radius 3 is 2.41 bits per heavy atom. The van der Waals surface area contributed by atoms with Crippen molar-refractivity contribution in [3.63, 3.8) is 0 Å². The lowest BCUT2D eigenvalue weighted by atomic mass is 10.1. The summed E-state index contributed by atoms with van der Waals surface area (Å²) in [6.07, 6.45) is 0. The van der Waals surface area contributed by atoms with Crippen LogP contribution in [0.1, 0.15) is 11.1 Å². The average molecular weight is 233 g/mol. The van der Waals surface area contributed by atoms with E-state index in [1.54, 1.807) is 0 Å². The predicted molar refractivity (Wildman–Crippen MR) is 65.6 cm³/mol. The molecule has 0 saturated heterocycles. The quantitative estimate of drug-likeness (QED) is 0.814. The molecule has 0 aromatic heterocycles. The molecule has 0 heterocycles. The van der Waals surface area contributed by atoms with Crippen LogP contribution in [0.25, 0.3) is 0 Å². The molecule has 0 radical (unpaired) electrons. The lowest BCUT2D eigenvalue weighted by molar-refractivity contribution is 0.586. The normalized spacial score (nSPS) is 10.4. The molecule has 0 unspecified atom stereocenters. The second kappa shape index (κ2) is 4.53. The number of nitrogens with one attached hydrogen (secondary N) is 1. The largest absolute Gasteiger partial charge is 0.353 e. The van der Waals surface area contributed by atoms with E-state index in [-0.39, 0.29) is 5.69 Å². The Kier molecular flexibility index (Phi) is 3.09. The zero-order chi connectivity index (χ0) is 12.4. The van der Waals surface area contributed by atoms with Crippen LogP contribution < -0.4 is 5.32 Å². The van der Waals surface area contributed by atoms with Crippen molar-refractivity contribution in [3.05, 3.63) is 59.2 Å². The van der Waals surface area contributed by atoms with Crippen LogP contribution in [0.4, 0.5) is 20.2 Å². The lowest BCUT2D eigenvalue weighted by Gasteiger charge is -2.12. The van der Waals surface area contributed by atoms with E-state index in [4.69, 9.17) is 0 Å². The van der Waals surface area contributed by atoms with Gasteiger partial charge in [0.1, 0.15) is 11.6 Å². The van der Waals surface area contributed by atoms with E-state index < -0.39 is 11.6 Å². The van der Waals surface area contributed by atoms with E-state index >= 15 is 0 Å². The minimum atomic E-state index is -0.592. The van der Waals surface area contributed by atoms with Gasteiger partial charge in [-0.2, -0.15) is 0 Å². The summed E-state index contributed by atoms with van der Waals surface area (Å²) in [5, 5.41) is 2.97. The summed E-state index contributed by atoms with van der Waals surface area (Å²) >= 11 is 0. The van der Waals surface area contributed by atoms with Crippen molar-refractivity contribution in [1.29, 1.82) is 0 Å². The summed E-state index contributed by atoms with van der Waals surface area (Å²) in [5.74, 6) is -1.17. The van der Waals surface area contributed by atoms with Gasteiger partial charge in [-0.3, -0.25) is 0 Å². The summed E-state index contributed by atoms with van der Waals surface area (Å²) in [7, 11) is 0. The third kappa shape index (κ3) is 2.44. The first-order valence-electron chi connectivity index (χ1n) is 5.36. The molecule has 2 rings (SSSR count). The van der Waals surface area contributed by atoms with Crippen LogP contribution in [0.5, 0.6) is 0 Å². The van der Waals surface area contributed by atoms with Crippen LogP contribution >= 0.6 is 0 Å². The van der Waals surface area contributed by atoms with Crippen LogP contribution in [0, 0.1) is 25.5 Å². The third-order valence-corrected chi connectivity index (χ3v) is 2.81. The average Bonchev–Trinajstić information content (AvgIpc) is 2.28. The SMILES string of the molecule is Cc1cccc(Nc2ccc(F)cc2F)c1C. The lowest BCUT2D eigenvalue weighted by Crippen LogP contribution is -1.97. The van der Waals surface area contributed by atoms with Crippen molar-refractivity contribution in [2.75, 3.05) is 5.32 Å². The molecule has 0 aliphatic carbocycles. The Morgan fingerprint density at radius 1 is 0.941 bits per heavy atom. The van der Waals surface area contributed by atoms with Gasteiger partial charge in [-0.15, -0.1) is 0 Å². The Labute approximate surface area is 99.1 Å². The smallest absolute Gasteiger partial charge is 0.149 e. The van der Waals surface area contributed by atoms with Crippen molar-refractivity contribution in [1.82, 2.24) is 0 Å². The fraction of sp³-hybridized carbons (Fsp3) is 0.143. The van der Waals surface area contributed by atoms with Gasteiger partial charge >= 0.3 is 0 Å². The van der Waals surface area contributed by atoms with Crippen LogP contribution in [0.2, 0.25) is 0 Å². The van der Waals surface area contributed by atoms with Gasteiger partial charge in [0.2, 0.25) is 0 Å². The molecule has 1 nitrogen and oxygen atoms in total. The first-order chi connectivity index (χ1) is 8.08. The van der Waals surface area contributed by atoms with Crippen molar-refractivity contribution >= 4 is 11.4 Å². The maximum absolute atomic E-state index is 13.5. The van der Waals surface area contributed by atoms with Gasteiger partial charge in [0, 0.05) is 11.8 Å². The highest BCUT2D eigenvalue weighted by molar-refractivity contribution is 5.64. The van der Waals surface area contributed by atoms with Gasteiger partial charge in [-0.1, -0.05) is 12.1 Å². The van der Waals surface area contributed by atoms with E-state index in [9.17, 15) is 8.78 Å². The standard InChI is InChI=1S/C14H13F2N/c1-9-4-3-5-13(10(9)2)17-14-7-6-11(15)8-12(14)16/h3-8,17H,1-2H3. The van der Waals surface area contributed by atoms with Gasteiger partial charge in [0.05, 0.1) is 5.69 Å². The van der Waals surface area contributed by atoms with Crippen LogP contribution in [-0.2, 0) is 0 Å². The van der Waals surface area contributed by atoms with E-state index in [0.717, 1.165) is 22.9 Å². The third-order valence-electron chi connectivity index (χ3n) is 2.81. The Balaban J connectivity index is 2.35. The molecule has 17 heavy (non-hydrogen) atoms. The summed E-state index contributed by atoms with van der Waals surface area (Å²) in [5.41, 5.74) is 3.28. The molecule has 0 aliphatic rings. The molecular formula is C14H13F2N. The molecule has 0 atom stereocenters. The Bertz CT molecular complexity index is 550. The molecule has 88 valence electrons. The zero-order valence-corrected chi connectivity index (χ0v) is 9.72. The van der Waals surface area contributed by atoms with Crippen molar-refractivity contribution in [3.8, 4) is 0 Å². The summed E-state index contributed by atoms with van der Waals surface area (Å²) < 4.78 is 26.2. The predicted octanol–water partition coefficient (Wildman–Crippen LogP) is 4.33. The van der Waals surface area contributed by atoms with Crippen molar-refractivity contribution in [2.45, 2.75) is 13.8 Å². The number of halogens is 2. The highest BCUT2D eigenvalue weighted by Gasteiger charge is 2.06. The van der Waals surface area contributed by atoms with E-state index in [0.29, 0.717) is 0 Å². The van der Waals surface area contributed by atoms with Gasteiger partial charge in [0.25, 0.3) is 0 Å². The minimum absolute atomic E-state index is 0.278. The van der Waals surface area contributed by atoms with Crippen LogP contribution in [0.15, 0.2) is 36.4 Å². The van der Waals surface area contributed by atoms with Gasteiger partial charge in [0.15, 0.2) is 0 Å². The fourth-order valence-corrected chi connectivity index (χ4v) is 1.62. The first-order valence-corrected chi connectivity index (χ1v) is 5.36. The summed E-state index contributed by atoms with van der Waals surface area (Å²) in [4.78, 5) is 0. The summed E-state index contributed by atoms with van der Waals surface area (Å²) in [6, 6.07) is 9.25. The highest BCUT2D eigenvalue weighted by atomic mass is 19.1. The molecule has 3 heteroatoms. The fourth-order valence-electron chi connectivity index (χ4n) is 1.62. The molecule has 0 bridgehead atoms. The number of hydrogen-bond acceptors (Lipinski definition) is 1. The van der Waals surface area contributed by atoms with E-state index in [1.165, 1.54) is 12.1 Å². The first kappa shape index (κ1) is 11.6. The molecular weight excluding hydrogens is 220 g/mol. The summed E-state index contributed by atoms with van der Waals surface area (Å²) in [6.45, 7) is 3.95. The molecule has 0 aliphatic heterocycles. The molecule has 0 saturated carbocycles. The second-order valence-electron chi connectivity index (χ2n) is 4.00. The number of anilines is 2. The maximum atomic E-state index is 13.5. The number of aryl methyl sites for hydroxylation is 1. The second-order valence-corrected chi connectivity index (χ2v) is 4.00. The van der Waals surface area contributed by atoms with E-state index in [2.05, 4.69) is 5.32 Å². The Morgan fingerprint density at radius 2 is 1.71 bits per heavy atom. The molecule has 0 amide bonds. The van der Waals surface area contributed by atoms with Gasteiger partial charge < -0.3 is 5.32 Å². The molecule has 0 fully saturated rings. The number of rotatable bonds is 2. The number of hydrogen-bond donors (Lipinski definition) is 1. The molecule has 2 aromatic carbocycles. The van der Waals surface area contributed by atoms with Gasteiger partial charge in [-0.05, 0) is 43.2 Å². The zero-order valence-electron chi connectivity index (χ0n) is 9.72. The van der Waals surface area contributed by atoms with Crippen molar-refractivity contribution in [2.24, 2.45) is 0 Å². The van der Waals surface area contributed by atoms with Crippen molar-refractivity contribution < 1.29 is 8.78 Å². The molecule has 2 aromatic rings. The monoisotopic (exact) mass is 233 g/mol.